The van der Waals surface area contributed by atoms with Crippen LogP contribution in [-0.4, -0.2) is 28.5 Å². The van der Waals surface area contributed by atoms with Gasteiger partial charge in [-0.15, -0.1) is 0 Å². The second-order valence-corrected chi connectivity index (χ2v) is 6.99. The van der Waals surface area contributed by atoms with Crippen molar-refractivity contribution in [1.82, 2.24) is 9.88 Å². The number of nitrogens with zero attached hydrogens (tertiary/aromatic N) is 1. The topological polar surface area (TPSA) is 75.5 Å². The minimum Gasteiger partial charge on any atom is -0.467 e. The van der Waals surface area contributed by atoms with E-state index in [2.05, 4.69) is 4.98 Å². The summed E-state index contributed by atoms with van der Waals surface area (Å²) in [5.74, 6) is 0.571. The average molecular weight is 366 g/mol. The Balaban J connectivity index is 1.64. The zero-order chi connectivity index (χ0) is 18.8. The molecule has 6 nitrogen and oxygen atoms in total. The number of fused-ring (bicyclic) bond motifs is 1. The molecule has 0 radical (unpaired) electrons. The second kappa shape index (κ2) is 7.40. The summed E-state index contributed by atoms with van der Waals surface area (Å²) >= 11 is 0. The minimum absolute atomic E-state index is 0.104. The van der Waals surface area contributed by atoms with E-state index in [1.807, 2.05) is 37.3 Å². The molecule has 3 heterocycles. The van der Waals surface area contributed by atoms with Gasteiger partial charge in [0.15, 0.2) is 0 Å². The lowest BCUT2D eigenvalue weighted by molar-refractivity contribution is -0.142. The highest BCUT2D eigenvalue weighted by molar-refractivity contribution is 5.82. The van der Waals surface area contributed by atoms with Crippen molar-refractivity contribution in [3.8, 4) is 0 Å². The van der Waals surface area contributed by atoms with Crippen molar-refractivity contribution in [3.05, 3.63) is 69.9 Å². The fraction of sp³-hybridized carbons (Fsp3) is 0.333. The van der Waals surface area contributed by atoms with E-state index in [9.17, 15) is 9.59 Å². The summed E-state index contributed by atoms with van der Waals surface area (Å²) in [6.07, 6.45) is 2.72. The van der Waals surface area contributed by atoms with Crippen molar-refractivity contribution >= 4 is 16.8 Å². The molecule has 0 spiro atoms. The first-order valence-corrected chi connectivity index (χ1v) is 9.15. The van der Waals surface area contributed by atoms with Crippen LogP contribution in [0.15, 0.2) is 51.9 Å². The van der Waals surface area contributed by atoms with E-state index in [1.54, 1.807) is 17.2 Å². The zero-order valence-corrected chi connectivity index (χ0v) is 15.2. The Hall–Kier alpha value is -2.86. The third-order valence-electron chi connectivity index (χ3n) is 4.88. The molecule has 2 aromatic heterocycles. The molecule has 0 saturated carbocycles. The summed E-state index contributed by atoms with van der Waals surface area (Å²) in [6.45, 7) is 3.09. The fourth-order valence-corrected chi connectivity index (χ4v) is 3.46. The normalized spacial score (nSPS) is 16.7. The first-order chi connectivity index (χ1) is 13.1. The van der Waals surface area contributed by atoms with E-state index in [0.29, 0.717) is 30.9 Å². The molecule has 27 heavy (non-hydrogen) atoms. The van der Waals surface area contributed by atoms with Gasteiger partial charge in [0.2, 0.25) is 0 Å². The summed E-state index contributed by atoms with van der Waals surface area (Å²) in [6, 6.07) is 11.4. The van der Waals surface area contributed by atoms with Crippen LogP contribution in [0.25, 0.3) is 10.9 Å². The predicted octanol–water partition coefficient (Wildman–Crippen LogP) is 3.14. The Labute approximate surface area is 156 Å². The molecule has 1 unspecified atom stereocenters. The van der Waals surface area contributed by atoms with Crippen molar-refractivity contribution in [1.29, 1.82) is 0 Å². The summed E-state index contributed by atoms with van der Waals surface area (Å²) in [5.41, 5.74) is 2.24. The Morgan fingerprint density at radius 1 is 1.26 bits per heavy atom. The van der Waals surface area contributed by atoms with Crippen LogP contribution in [0.3, 0.4) is 0 Å². The maximum Gasteiger partial charge on any atom is 0.253 e. The van der Waals surface area contributed by atoms with Crippen LogP contribution in [0, 0.1) is 6.92 Å². The molecule has 6 heteroatoms. The van der Waals surface area contributed by atoms with Crippen molar-refractivity contribution in [2.45, 2.75) is 39.0 Å². The molecule has 0 aliphatic carbocycles. The minimum atomic E-state index is -0.442. The van der Waals surface area contributed by atoms with Crippen molar-refractivity contribution < 1.29 is 13.9 Å². The average Bonchev–Trinajstić information content (AvgIpc) is 3.35. The number of pyridine rings is 1. The Morgan fingerprint density at radius 2 is 2.15 bits per heavy atom. The molecule has 1 aliphatic rings. The van der Waals surface area contributed by atoms with Crippen molar-refractivity contribution in [2.24, 2.45) is 0 Å². The molecule has 4 rings (SSSR count). The zero-order valence-electron chi connectivity index (χ0n) is 15.2. The number of hydrogen-bond donors (Lipinski definition) is 1. The molecule has 1 saturated heterocycles. The van der Waals surface area contributed by atoms with E-state index in [0.717, 1.165) is 22.9 Å². The SMILES string of the molecule is Cc1ccc2cc(CN(Cc3ccco3)C(=O)C3CCCO3)c(=O)[nH]c2c1. The quantitative estimate of drug-likeness (QED) is 0.753. The van der Waals surface area contributed by atoms with Gasteiger partial charge in [-0.3, -0.25) is 9.59 Å². The summed E-state index contributed by atoms with van der Waals surface area (Å²) in [4.78, 5) is 30.1. The summed E-state index contributed by atoms with van der Waals surface area (Å²) in [5, 5.41) is 0.942. The maximum atomic E-state index is 12.9. The molecule has 1 aliphatic heterocycles. The van der Waals surface area contributed by atoms with Gasteiger partial charge in [-0.25, -0.2) is 0 Å². The summed E-state index contributed by atoms with van der Waals surface area (Å²) < 4.78 is 11.0. The van der Waals surface area contributed by atoms with Crippen LogP contribution in [0.4, 0.5) is 0 Å². The first-order valence-electron chi connectivity index (χ1n) is 9.15. The van der Waals surface area contributed by atoms with Crippen LogP contribution in [0.2, 0.25) is 0 Å². The number of amides is 1. The Morgan fingerprint density at radius 3 is 2.89 bits per heavy atom. The number of nitrogens with one attached hydrogen (secondary N) is 1. The number of aromatic amines is 1. The Kier molecular flexibility index (Phi) is 4.81. The third kappa shape index (κ3) is 3.80. The highest BCUT2D eigenvalue weighted by atomic mass is 16.5. The van der Waals surface area contributed by atoms with Gasteiger partial charge in [0.25, 0.3) is 11.5 Å². The first kappa shape index (κ1) is 17.5. The van der Waals surface area contributed by atoms with Gasteiger partial charge < -0.3 is 19.0 Å². The van der Waals surface area contributed by atoms with E-state index in [1.165, 1.54) is 0 Å². The largest absolute Gasteiger partial charge is 0.467 e. The number of H-pyrrole nitrogens is 1. The Bertz CT molecular complexity index is 1000. The smallest absolute Gasteiger partial charge is 0.253 e. The molecule has 140 valence electrons. The predicted molar refractivity (Wildman–Crippen MR) is 101 cm³/mol. The number of aryl methyl sites for hydroxylation is 1. The molecule has 1 N–H and O–H groups in total. The number of aromatic nitrogens is 1. The monoisotopic (exact) mass is 366 g/mol. The van der Waals surface area contributed by atoms with Gasteiger partial charge >= 0.3 is 0 Å². The second-order valence-electron chi connectivity index (χ2n) is 6.99. The number of furan rings is 1. The van der Waals surface area contributed by atoms with Crippen molar-refractivity contribution in [2.75, 3.05) is 6.61 Å². The van der Waals surface area contributed by atoms with Crippen LogP contribution >= 0.6 is 0 Å². The van der Waals surface area contributed by atoms with Gasteiger partial charge in [-0.2, -0.15) is 0 Å². The molecule has 3 aromatic rings. The van der Waals surface area contributed by atoms with Crippen LogP contribution in [-0.2, 0) is 22.6 Å². The van der Waals surface area contributed by atoms with E-state index >= 15 is 0 Å². The number of benzene rings is 1. The molecule has 1 atom stereocenters. The number of carbonyl (C=O) groups excluding carboxylic acids is 1. The fourth-order valence-electron chi connectivity index (χ4n) is 3.46. The molecule has 1 aromatic carbocycles. The van der Waals surface area contributed by atoms with E-state index < -0.39 is 6.10 Å². The van der Waals surface area contributed by atoms with Gasteiger partial charge in [-0.1, -0.05) is 12.1 Å². The van der Waals surface area contributed by atoms with E-state index in [-0.39, 0.29) is 18.0 Å². The summed E-state index contributed by atoms with van der Waals surface area (Å²) in [7, 11) is 0. The lowest BCUT2D eigenvalue weighted by Gasteiger charge is -2.24. The number of rotatable bonds is 5. The lowest BCUT2D eigenvalue weighted by Crippen LogP contribution is -2.39. The number of ether oxygens (including phenoxy) is 1. The van der Waals surface area contributed by atoms with Crippen molar-refractivity contribution in [3.63, 3.8) is 0 Å². The van der Waals surface area contributed by atoms with Crippen LogP contribution in [0.1, 0.15) is 29.7 Å². The van der Waals surface area contributed by atoms with Gasteiger partial charge in [-0.05, 0) is 55.0 Å². The highest BCUT2D eigenvalue weighted by Crippen LogP contribution is 2.19. The highest BCUT2D eigenvalue weighted by Gasteiger charge is 2.29. The molecule has 1 fully saturated rings. The van der Waals surface area contributed by atoms with Crippen LogP contribution < -0.4 is 5.56 Å². The van der Waals surface area contributed by atoms with Gasteiger partial charge in [0.05, 0.1) is 19.4 Å². The number of carbonyl (C=O) groups is 1. The van der Waals surface area contributed by atoms with Gasteiger partial charge in [0.1, 0.15) is 11.9 Å². The third-order valence-corrected chi connectivity index (χ3v) is 4.88. The molecular formula is C21H22N2O4. The number of hydrogen-bond acceptors (Lipinski definition) is 4. The lowest BCUT2D eigenvalue weighted by atomic mass is 10.1. The maximum absolute atomic E-state index is 12.9. The van der Waals surface area contributed by atoms with Crippen LogP contribution in [0.5, 0.6) is 0 Å². The molecule has 1 amide bonds. The van der Waals surface area contributed by atoms with Gasteiger partial charge in [0, 0.05) is 17.7 Å². The standard InChI is InChI=1S/C21H22N2O4/c1-14-6-7-15-11-16(20(24)22-18(15)10-14)12-23(13-17-4-2-8-26-17)21(25)19-5-3-9-27-19/h2,4,6-8,10-11,19H,3,5,9,12-13H2,1H3,(H,22,24). The molecular weight excluding hydrogens is 344 g/mol. The van der Waals surface area contributed by atoms with E-state index in [4.69, 9.17) is 9.15 Å². The molecule has 0 bridgehead atoms.